The SMILES string of the molecule is O=C(CS1(OS(=O)(=O)C(F)(F)C(F)(F)C(F)(F)C(F)(F)C(F)(F)C(F)(F)C(F)(F)C(F)(F)F)CCCCC1)C1CCCC1. The van der Waals surface area contributed by atoms with Crippen LogP contribution in [0.2, 0.25) is 0 Å². The van der Waals surface area contributed by atoms with Gasteiger partial charge in [0.1, 0.15) is 5.78 Å². The van der Waals surface area contributed by atoms with E-state index in [1.54, 1.807) is 0 Å². The van der Waals surface area contributed by atoms with Gasteiger partial charge in [0.25, 0.3) is 0 Å². The summed E-state index contributed by atoms with van der Waals surface area (Å²) in [6.07, 6.45) is -6.39. The Kier molecular flexibility index (Phi) is 9.89. The van der Waals surface area contributed by atoms with Crippen molar-refractivity contribution in [3.8, 4) is 0 Å². The quantitative estimate of drug-likeness (QED) is 0.193. The summed E-state index contributed by atoms with van der Waals surface area (Å²) >= 11 is 0. The summed E-state index contributed by atoms with van der Waals surface area (Å²) in [5.74, 6) is -55.8. The molecule has 1 heterocycles. The van der Waals surface area contributed by atoms with Crippen molar-refractivity contribution in [3.63, 3.8) is 0 Å². The lowest BCUT2D eigenvalue weighted by Gasteiger charge is -2.44. The second-order valence-electron chi connectivity index (χ2n) is 10.0. The Morgan fingerprint density at radius 1 is 0.581 bits per heavy atom. The molecule has 0 aromatic heterocycles. The van der Waals surface area contributed by atoms with Crippen LogP contribution in [-0.4, -0.2) is 78.4 Å². The smallest absolute Gasteiger partial charge is 0.298 e. The fourth-order valence-electron chi connectivity index (χ4n) is 4.41. The fourth-order valence-corrected chi connectivity index (χ4v) is 10.2. The number of hydrogen-bond donors (Lipinski definition) is 0. The first-order valence-electron chi connectivity index (χ1n) is 11.9. The molecule has 0 aromatic rings. The van der Waals surface area contributed by atoms with E-state index in [0.29, 0.717) is 12.8 Å². The highest BCUT2D eigenvalue weighted by Gasteiger charge is 2.96. The number of carbonyl (C=O) groups is 1. The van der Waals surface area contributed by atoms with E-state index in [2.05, 4.69) is 3.63 Å². The van der Waals surface area contributed by atoms with Crippen LogP contribution in [0.3, 0.4) is 0 Å². The van der Waals surface area contributed by atoms with Gasteiger partial charge in [-0.2, -0.15) is 83.1 Å². The van der Waals surface area contributed by atoms with E-state index >= 15 is 0 Å². The first-order valence-corrected chi connectivity index (χ1v) is 15.3. The Bertz CT molecular complexity index is 1140. The summed E-state index contributed by atoms with van der Waals surface area (Å²) in [7, 11) is -11.5. The minimum atomic E-state index is -8.91. The van der Waals surface area contributed by atoms with Crippen LogP contribution in [0.15, 0.2) is 0 Å². The van der Waals surface area contributed by atoms with Crippen molar-refractivity contribution in [2.45, 2.75) is 91.9 Å². The molecule has 2 rings (SSSR count). The number of Topliss-reactive ketones (excluding diaryl/α,β-unsaturated/α-hetero) is 1. The van der Waals surface area contributed by atoms with Crippen LogP contribution in [0, 0.1) is 5.92 Å². The van der Waals surface area contributed by atoms with Crippen molar-refractivity contribution in [1.82, 2.24) is 0 Å². The van der Waals surface area contributed by atoms with Gasteiger partial charge in [0.2, 0.25) is 0 Å². The van der Waals surface area contributed by atoms with Crippen LogP contribution in [0.1, 0.15) is 44.9 Å². The van der Waals surface area contributed by atoms with Crippen LogP contribution < -0.4 is 0 Å². The zero-order chi connectivity index (χ0) is 33.9. The molecule has 0 aromatic carbocycles. The van der Waals surface area contributed by atoms with Crippen LogP contribution in [-0.2, 0) is 18.5 Å². The predicted molar refractivity (Wildman–Crippen MR) is 114 cm³/mol. The van der Waals surface area contributed by atoms with Crippen molar-refractivity contribution >= 4 is 26.2 Å². The molecule has 0 N–H and O–H groups in total. The van der Waals surface area contributed by atoms with Gasteiger partial charge in [-0.15, -0.1) is 10.3 Å². The zero-order valence-electron chi connectivity index (χ0n) is 21.0. The lowest BCUT2D eigenvalue weighted by atomic mass is 9.91. The highest BCUT2D eigenvalue weighted by Crippen LogP contribution is 2.65. The predicted octanol–water partition coefficient (Wildman–Crippen LogP) is 7.96. The summed E-state index contributed by atoms with van der Waals surface area (Å²) in [4.78, 5) is 12.6. The van der Waals surface area contributed by atoms with E-state index in [9.17, 15) is 87.8 Å². The average Bonchev–Trinajstić information content (AvgIpc) is 3.38. The van der Waals surface area contributed by atoms with Gasteiger partial charge in [-0.05, 0) is 25.7 Å². The van der Waals surface area contributed by atoms with Gasteiger partial charge in [0.15, 0.2) is 0 Å². The molecular weight excluding hydrogens is 691 g/mol. The summed E-state index contributed by atoms with van der Waals surface area (Å²) in [5.41, 5.74) is 0. The molecule has 0 radical (unpaired) electrons. The largest absolute Gasteiger partial charge is 0.460 e. The molecule has 1 saturated carbocycles. The van der Waals surface area contributed by atoms with E-state index in [4.69, 9.17) is 0 Å². The molecule has 0 atom stereocenters. The topological polar surface area (TPSA) is 60.4 Å². The van der Waals surface area contributed by atoms with Crippen LogP contribution in [0.4, 0.5) is 74.6 Å². The maximum Gasteiger partial charge on any atom is 0.460 e. The highest BCUT2D eigenvalue weighted by molar-refractivity contribution is 8.33. The molecule has 4 nitrogen and oxygen atoms in total. The van der Waals surface area contributed by atoms with E-state index < -0.39 is 96.4 Å². The van der Waals surface area contributed by atoms with Gasteiger partial charge in [-0.3, -0.25) is 4.79 Å². The van der Waals surface area contributed by atoms with Gasteiger partial charge in [0, 0.05) is 17.4 Å². The normalized spacial score (nSPS) is 21.6. The first kappa shape index (κ1) is 37.9. The Labute approximate surface area is 233 Å². The molecule has 23 heteroatoms. The third-order valence-corrected chi connectivity index (χ3v) is 12.6. The third-order valence-electron chi connectivity index (χ3n) is 6.99. The Morgan fingerprint density at radius 3 is 1.35 bits per heavy atom. The molecule has 2 fully saturated rings. The molecule has 0 unspecified atom stereocenters. The Hall–Kier alpha value is -1.26. The van der Waals surface area contributed by atoms with Gasteiger partial charge in [0.05, 0.1) is 5.75 Å². The minimum Gasteiger partial charge on any atom is -0.298 e. The lowest BCUT2D eigenvalue weighted by Crippen LogP contribution is -2.75. The molecule has 1 aliphatic heterocycles. The second kappa shape index (κ2) is 11.2. The van der Waals surface area contributed by atoms with Crippen molar-refractivity contribution in [2.75, 3.05) is 17.3 Å². The molecule has 2 aliphatic rings. The van der Waals surface area contributed by atoms with E-state index in [0.717, 1.165) is 0 Å². The van der Waals surface area contributed by atoms with Gasteiger partial charge in [-0.1, -0.05) is 19.3 Å². The Morgan fingerprint density at radius 2 is 0.953 bits per heavy atom. The van der Waals surface area contributed by atoms with E-state index in [-0.39, 0.29) is 32.1 Å². The van der Waals surface area contributed by atoms with Crippen molar-refractivity contribution in [2.24, 2.45) is 5.92 Å². The third kappa shape index (κ3) is 5.79. The molecule has 0 spiro atoms. The summed E-state index contributed by atoms with van der Waals surface area (Å²) < 4.78 is 259. The number of alkyl halides is 17. The molecule has 43 heavy (non-hydrogen) atoms. The monoisotopic (exact) mass is 712 g/mol. The highest BCUT2D eigenvalue weighted by atomic mass is 32.3. The van der Waals surface area contributed by atoms with Crippen molar-refractivity contribution in [1.29, 1.82) is 0 Å². The maximum atomic E-state index is 14.6. The summed E-state index contributed by atoms with van der Waals surface area (Å²) in [6, 6.07) is 0. The Balaban J connectivity index is 2.56. The standard InChI is InChI=1S/C20H21F17O4S2/c21-13(22,15(25,26)17(29,30)19(33,34)35)14(23,24)16(27,28)18(31,32)20(36,37)43(39,40)41-42(8-4-1-5-9-42)10-12(38)11-6-2-3-7-11/h11H,1-10H2. The molecule has 1 aliphatic carbocycles. The number of hydrogen-bond acceptors (Lipinski definition) is 4. The molecule has 0 amide bonds. The van der Waals surface area contributed by atoms with Gasteiger partial charge < -0.3 is 0 Å². The maximum absolute atomic E-state index is 14.6. The van der Waals surface area contributed by atoms with Gasteiger partial charge in [-0.25, -0.2) is 3.63 Å². The van der Waals surface area contributed by atoms with Gasteiger partial charge >= 0.3 is 57.1 Å². The molecule has 1 saturated heterocycles. The zero-order valence-corrected chi connectivity index (χ0v) is 22.7. The van der Waals surface area contributed by atoms with E-state index in [1.165, 1.54) is 0 Å². The number of ketones is 1. The second-order valence-corrected chi connectivity index (χ2v) is 15.0. The average molecular weight is 712 g/mol. The molecule has 256 valence electrons. The van der Waals surface area contributed by atoms with E-state index in [1.807, 2.05) is 0 Å². The summed E-state index contributed by atoms with van der Waals surface area (Å²) in [5, 5.41) is -7.74. The first-order chi connectivity index (χ1) is 18.9. The lowest BCUT2D eigenvalue weighted by molar-refractivity contribution is -0.458. The minimum absolute atomic E-state index is 0.103. The van der Waals surface area contributed by atoms with Crippen LogP contribution >= 0.6 is 10.3 Å². The van der Waals surface area contributed by atoms with Crippen LogP contribution in [0.5, 0.6) is 0 Å². The molecule has 0 bridgehead atoms. The van der Waals surface area contributed by atoms with Crippen molar-refractivity contribution in [3.05, 3.63) is 0 Å². The number of halogens is 17. The summed E-state index contributed by atoms with van der Waals surface area (Å²) in [6.45, 7) is 0. The number of rotatable bonds is 12. The van der Waals surface area contributed by atoms with Crippen LogP contribution in [0.25, 0.3) is 0 Å². The number of carbonyl (C=O) groups excluding carboxylic acids is 1. The van der Waals surface area contributed by atoms with Crippen molar-refractivity contribution < 1.29 is 91.5 Å². The molecular formula is C20H21F17O4S2. The fraction of sp³-hybridized carbons (Fsp3) is 0.950.